The van der Waals surface area contributed by atoms with Gasteiger partial charge in [0.15, 0.2) is 0 Å². The number of carboxylic acid groups (broad SMARTS) is 1. The second kappa shape index (κ2) is 9.30. The fraction of sp³-hybridized carbons (Fsp3) is 0.556. The summed E-state index contributed by atoms with van der Waals surface area (Å²) in [5, 5.41) is 11.8. The number of ether oxygens (including phenoxy) is 1. The van der Waals surface area contributed by atoms with E-state index in [-0.39, 0.29) is 11.5 Å². The summed E-state index contributed by atoms with van der Waals surface area (Å²) >= 11 is 0. The summed E-state index contributed by atoms with van der Waals surface area (Å²) < 4.78 is 5.33. The van der Waals surface area contributed by atoms with Gasteiger partial charge in [0.2, 0.25) is 5.91 Å². The Labute approximate surface area is 137 Å². The first-order valence-electron chi connectivity index (χ1n) is 8.32. The topological polar surface area (TPSA) is 75.6 Å². The van der Waals surface area contributed by atoms with Crippen molar-refractivity contribution in [2.75, 3.05) is 19.8 Å². The van der Waals surface area contributed by atoms with Gasteiger partial charge >= 0.3 is 5.97 Å². The lowest BCUT2D eigenvalue weighted by Gasteiger charge is -2.21. The third-order valence-electron chi connectivity index (χ3n) is 4.29. The van der Waals surface area contributed by atoms with Gasteiger partial charge in [-0.15, -0.1) is 0 Å². The van der Waals surface area contributed by atoms with E-state index in [9.17, 15) is 9.59 Å². The number of rotatable bonds is 8. The number of aromatic carboxylic acids is 1. The number of hydrogen-bond acceptors (Lipinski definition) is 3. The standard InChI is InChI=1S/C18H25NO4/c20-17(3-1-2-14-9-12-23-13-10-14)19-11-8-15-4-6-16(7-5-15)18(21)22/h4-7,14H,1-3,8-13H2,(H,19,20)(H,21,22). The van der Waals surface area contributed by atoms with Crippen molar-refractivity contribution in [2.24, 2.45) is 5.92 Å². The van der Waals surface area contributed by atoms with E-state index in [1.807, 2.05) is 0 Å². The molecule has 2 N–H and O–H groups in total. The average molecular weight is 319 g/mol. The Morgan fingerprint density at radius 1 is 1.17 bits per heavy atom. The van der Waals surface area contributed by atoms with Crippen LogP contribution in [0.3, 0.4) is 0 Å². The van der Waals surface area contributed by atoms with Crippen molar-refractivity contribution in [1.82, 2.24) is 5.32 Å². The molecule has 0 aromatic heterocycles. The number of benzene rings is 1. The van der Waals surface area contributed by atoms with Gasteiger partial charge in [-0.3, -0.25) is 4.79 Å². The third-order valence-corrected chi connectivity index (χ3v) is 4.29. The number of amides is 1. The van der Waals surface area contributed by atoms with E-state index in [0.29, 0.717) is 25.3 Å². The lowest BCUT2D eigenvalue weighted by molar-refractivity contribution is -0.121. The quantitative estimate of drug-likeness (QED) is 0.772. The average Bonchev–Trinajstić information content (AvgIpc) is 2.56. The van der Waals surface area contributed by atoms with Crippen LogP contribution in [0.2, 0.25) is 0 Å². The van der Waals surface area contributed by atoms with Gasteiger partial charge in [0.1, 0.15) is 0 Å². The third kappa shape index (κ3) is 6.40. The van der Waals surface area contributed by atoms with Crippen LogP contribution in [0.5, 0.6) is 0 Å². The van der Waals surface area contributed by atoms with E-state index in [0.717, 1.165) is 44.5 Å². The molecule has 1 aromatic rings. The van der Waals surface area contributed by atoms with Gasteiger partial charge < -0.3 is 15.2 Å². The van der Waals surface area contributed by atoms with Crippen molar-refractivity contribution >= 4 is 11.9 Å². The Morgan fingerprint density at radius 2 is 1.87 bits per heavy atom. The molecule has 0 aliphatic carbocycles. The second-order valence-electron chi connectivity index (χ2n) is 6.05. The summed E-state index contributed by atoms with van der Waals surface area (Å²) in [5.41, 5.74) is 1.31. The summed E-state index contributed by atoms with van der Waals surface area (Å²) in [4.78, 5) is 22.6. The van der Waals surface area contributed by atoms with Crippen molar-refractivity contribution in [1.29, 1.82) is 0 Å². The summed E-state index contributed by atoms with van der Waals surface area (Å²) in [7, 11) is 0. The lowest BCUT2D eigenvalue weighted by atomic mass is 9.94. The molecule has 1 amide bonds. The van der Waals surface area contributed by atoms with Gasteiger partial charge in [-0.2, -0.15) is 0 Å². The first kappa shape index (κ1) is 17.5. The van der Waals surface area contributed by atoms with E-state index < -0.39 is 5.97 Å². The second-order valence-corrected chi connectivity index (χ2v) is 6.05. The minimum atomic E-state index is -0.922. The molecule has 23 heavy (non-hydrogen) atoms. The van der Waals surface area contributed by atoms with Gasteiger partial charge in [-0.1, -0.05) is 12.1 Å². The minimum Gasteiger partial charge on any atom is -0.478 e. The van der Waals surface area contributed by atoms with Crippen LogP contribution >= 0.6 is 0 Å². The predicted octanol–water partition coefficient (Wildman–Crippen LogP) is 2.64. The molecule has 1 heterocycles. The zero-order chi connectivity index (χ0) is 16.5. The van der Waals surface area contributed by atoms with Crippen molar-refractivity contribution in [3.8, 4) is 0 Å². The number of carboxylic acids is 1. The van der Waals surface area contributed by atoms with Crippen molar-refractivity contribution < 1.29 is 19.4 Å². The van der Waals surface area contributed by atoms with Crippen molar-refractivity contribution in [3.05, 3.63) is 35.4 Å². The van der Waals surface area contributed by atoms with E-state index in [1.165, 1.54) is 0 Å². The Hall–Kier alpha value is -1.88. The Bertz CT molecular complexity index is 506. The lowest BCUT2D eigenvalue weighted by Crippen LogP contribution is -2.25. The molecule has 2 rings (SSSR count). The van der Waals surface area contributed by atoms with E-state index in [4.69, 9.17) is 9.84 Å². The highest BCUT2D eigenvalue weighted by Crippen LogP contribution is 2.20. The van der Waals surface area contributed by atoms with Crippen molar-refractivity contribution in [3.63, 3.8) is 0 Å². The van der Waals surface area contributed by atoms with Crippen molar-refractivity contribution in [2.45, 2.75) is 38.5 Å². The molecule has 5 nitrogen and oxygen atoms in total. The zero-order valence-electron chi connectivity index (χ0n) is 13.4. The van der Waals surface area contributed by atoms with Crippen LogP contribution in [0.25, 0.3) is 0 Å². The van der Waals surface area contributed by atoms with Crippen LogP contribution in [0.1, 0.15) is 48.0 Å². The first-order valence-corrected chi connectivity index (χ1v) is 8.32. The largest absolute Gasteiger partial charge is 0.478 e. The van der Waals surface area contributed by atoms with Gasteiger partial charge in [0.25, 0.3) is 0 Å². The highest BCUT2D eigenvalue weighted by atomic mass is 16.5. The van der Waals surface area contributed by atoms with Crippen LogP contribution in [0.15, 0.2) is 24.3 Å². The zero-order valence-corrected chi connectivity index (χ0v) is 13.4. The fourth-order valence-corrected chi connectivity index (χ4v) is 2.84. The molecule has 1 fully saturated rings. The Morgan fingerprint density at radius 3 is 2.52 bits per heavy atom. The SMILES string of the molecule is O=C(CCCC1CCOCC1)NCCc1ccc(C(=O)O)cc1. The molecule has 0 atom stereocenters. The summed E-state index contributed by atoms with van der Waals surface area (Å²) in [6.45, 7) is 2.30. The van der Waals surface area contributed by atoms with Crippen LogP contribution < -0.4 is 5.32 Å². The van der Waals surface area contributed by atoms with Crippen LogP contribution in [-0.4, -0.2) is 36.7 Å². The number of hydrogen-bond donors (Lipinski definition) is 2. The molecule has 1 aromatic carbocycles. The Balaban J connectivity index is 1.58. The Kier molecular flexibility index (Phi) is 7.07. The molecule has 0 radical (unpaired) electrons. The molecule has 0 saturated carbocycles. The summed E-state index contributed by atoms with van der Waals surface area (Å²) in [6.07, 6.45) is 5.57. The van der Waals surface area contributed by atoms with Crippen LogP contribution in [-0.2, 0) is 16.0 Å². The van der Waals surface area contributed by atoms with Gasteiger partial charge in [-0.05, 0) is 55.7 Å². The molecule has 1 aliphatic heterocycles. The molecular weight excluding hydrogens is 294 g/mol. The first-order chi connectivity index (χ1) is 11.1. The molecule has 1 saturated heterocycles. The molecule has 5 heteroatoms. The van der Waals surface area contributed by atoms with Gasteiger partial charge in [0.05, 0.1) is 5.56 Å². The van der Waals surface area contributed by atoms with Crippen LogP contribution in [0, 0.1) is 5.92 Å². The highest BCUT2D eigenvalue weighted by molar-refractivity contribution is 5.87. The van der Waals surface area contributed by atoms with E-state index in [1.54, 1.807) is 24.3 Å². The predicted molar refractivity (Wildman–Crippen MR) is 87.5 cm³/mol. The molecule has 0 unspecified atom stereocenters. The maximum atomic E-state index is 11.8. The van der Waals surface area contributed by atoms with E-state index >= 15 is 0 Å². The highest BCUT2D eigenvalue weighted by Gasteiger charge is 2.13. The monoisotopic (exact) mass is 319 g/mol. The van der Waals surface area contributed by atoms with E-state index in [2.05, 4.69) is 5.32 Å². The maximum Gasteiger partial charge on any atom is 0.335 e. The normalized spacial score (nSPS) is 15.3. The number of carbonyl (C=O) groups is 2. The van der Waals surface area contributed by atoms with Gasteiger partial charge in [0, 0.05) is 26.2 Å². The van der Waals surface area contributed by atoms with Crippen LogP contribution in [0.4, 0.5) is 0 Å². The summed E-state index contributed by atoms with van der Waals surface area (Å²) in [5.74, 6) is -0.113. The fourth-order valence-electron chi connectivity index (χ4n) is 2.84. The number of carbonyl (C=O) groups excluding carboxylic acids is 1. The molecular formula is C18H25NO4. The number of nitrogens with one attached hydrogen (secondary N) is 1. The minimum absolute atomic E-state index is 0.0965. The molecule has 0 spiro atoms. The smallest absolute Gasteiger partial charge is 0.335 e. The molecule has 1 aliphatic rings. The summed E-state index contributed by atoms with van der Waals surface area (Å²) in [6, 6.07) is 6.77. The molecule has 0 bridgehead atoms. The maximum absolute atomic E-state index is 11.8. The molecule has 126 valence electrons. The van der Waals surface area contributed by atoms with Gasteiger partial charge in [-0.25, -0.2) is 4.79 Å².